The van der Waals surface area contributed by atoms with E-state index < -0.39 is 0 Å². The van der Waals surface area contributed by atoms with Crippen LogP contribution >= 0.6 is 0 Å². The van der Waals surface area contributed by atoms with Crippen LogP contribution in [0.25, 0.3) is 0 Å². The van der Waals surface area contributed by atoms with Crippen LogP contribution in [0.15, 0.2) is 6.07 Å². The van der Waals surface area contributed by atoms with E-state index in [1.807, 2.05) is 13.1 Å². The number of unbranched alkanes of at least 4 members (excludes halogenated alkanes) is 2. The van der Waals surface area contributed by atoms with E-state index in [-0.39, 0.29) is 0 Å². The number of aryl methyl sites for hydroxylation is 1. The summed E-state index contributed by atoms with van der Waals surface area (Å²) in [6.07, 6.45) is 4.26. The SMILES string of the molecule is CCc1nc(NC)cc(NCCCCCOC)n1. The van der Waals surface area contributed by atoms with Crippen LogP contribution in [0.5, 0.6) is 0 Å². The molecule has 0 saturated heterocycles. The Balaban J connectivity index is 2.36. The molecule has 1 aromatic heterocycles. The van der Waals surface area contributed by atoms with Crippen molar-refractivity contribution in [3.05, 3.63) is 11.9 Å². The molecule has 1 heterocycles. The highest BCUT2D eigenvalue weighted by atomic mass is 16.5. The van der Waals surface area contributed by atoms with Gasteiger partial charge in [0.2, 0.25) is 0 Å². The summed E-state index contributed by atoms with van der Waals surface area (Å²) in [6, 6.07) is 1.94. The molecule has 5 nitrogen and oxygen atoms in total. The highest BCUT2D eigenvalue weighted by molar-refractivity contribution is 5.47. The van der Waals surface area contributed by atoms with Crippen molar-refractivity contribution in [3.8, 4) is 0 Å². The van der Waals surface area contributed by atoms with E-state index in [4.69, 9.17) is 4.74 Å². The molecule has 0 amide bonds. The first-order chi connectivity index (χ1) is 8.80. The van der Waals surface area contributed by atoms with Gasteiger partial charge in [0.1, 0.15) is 17.5 Å². The minimum Gasteiger partial charge on any atom is -0.385 e. The molecule has 0 radical (unpaired) electrons. The highest BCUT2D eigenvalue weighted by Gasteiger charge is 2.01. The van der Waals surface area contributed by atoms with Crippen molar-refractivity contribution in [2.24, 2.45) is 0 Å². The van der Waals surface area contributed by atoms with Gasteiger partial charge in [0, 0.05) is 39.8 Å². The van der Waals surface area contributed by atoms with E-state index in [1.165, 1.54) is 6.42 Å². The van der Waals surface area contributed by atoms with Crippen molar-refractivity contribution >= 4 is 11.6 Å². The van der Waals surface area contributed by atoms with Crippen LogP contribution in [0.2, 0.25) is 0 Å². The molecule has 0 saturated carbocycles. The van der Waals surface area contributed by atoms with Crippen molar-refractivity contribution in [1.29, 1.82) is 0 Å². The molecule has 0 aliphatic rings. The number of ether oxygens (including phenoxy) is 1. The van der Waals surface area contributed by atoms with Gasteiger partial charge in [-0.25, -0.2) is 9.97 Å². The smallest absolute Gasteiger partial charge is 0.132 e. The third-order valence-corrected chi connectivity index (χ3v) is 2.68. The van der Waals surface area contributed by atoms with Crippen molar-refractivity contribution in [2.45, 2.75) is 32.6 Å². The lowest BCUT2D eigenvalue weighted by Crippen LogP contribution is -2.07. The lowest BCUT2D eigenvalue weighted by atomic mass is 10.2. The average molecular weight is 252 g/mol. The Bertz CT molecular complexity index is 322. The number of nitrogens with one attached hydrogen (secondary N) is 2. The molecule has 0 unspecified atom stereocenters. The summed E-state index contributed by atoms with van der Waals surface area (Å²) >= 11 is 0. The third-order valence-electron chi connectivity index (χ3n) is 2.68. The van der Waals surface area contributed by atoms with Crippen LogP contribution in [0.3, 0.4) is 0 Å². The molecule has 102 valence electrons. The van der Waals surface area contributed by atoms with E-state index in [1.54, 1.807) is 7.11 Å². The number of anilines is 2. The first-order valence-corrected chi connectivity index (χ1v) is 6.58. The molecular formula is C13H24N4O. The number of rotatable bonds is 9. The number of hydrogen-bond donors (Lipinski definition) is 2. The van der Waals surface area contributed by atoms with E-state index in [0.29, 0.717) is 0 Å². The van der Waals surface area contributed by atoms with Gasteiger partial charge in [0.25, 0.3) is 0 Å². The molecule has 0 aliphatic carbocycles. The number of hydrogen-bond acceptors (Lipinski definition) is 5. The maximum absolute atomic E-state index is 5.02. The molecule has 0 atom stereocenters. The van der Waals surface area contributed by atoms with Crippen molar-refractivity contribution in [1.82, 2.24) is 9.97 Å². The van der Waals surface area contributed by atoms with Crippen LogP contribution in [-0.2, 0) is 11.2 Å². The molecular weight excluding hydrogens is 228 g/mol. The molecule has 5 heteroatoms. The second-order valence-corrected chi connectivity index (χ2v) is 4.14. The van der Waals surface area contributed by atoms with Crippen LogP contribution in [-0.4, -0.2) is 37.3 Å². The monoisotopic (exact) mass is 252 g/mol. The minimum atomic E-state index is 0.845. The van der Waals surface area contributed by atoms with Gasteiger partial charge in [0.05, 0.1) is 0 Å². The van der Waals surface area contributed by atoms with Crippen LogP contribution < -0.4 is 10.6 Å². The topological polar surface area (TPSA) is 59.1 Å². The van der Waals surface area contributed by atoms with Crippen LogP contribution in [0.4, 0.5) is 11.6 Å². The summed E-state index contributed by atoms with van der Waals surface area (Å²) in [4.78, 5) is 8.81. The highest BCUT2D eigenvalue weighted by Crippen LogP contribution is 2.11. The fourth-order valence-electron chi connectivity index (χ4n) is 1.64. The first kappa shape index (κ1) is 14.7. The second kappa shape index (κ2) is 8.69. The van der Waals surface area contributed by atoms with Crippen molar-refractivity contribution < 1.29 is 4.74 Å². The molecule has 0 fully saturated rings. The maximum Gasteiger partial charge on any atom is 0.132 e. The van der Waals surface area contributed by atoms with E-state index >= 15 is 0 Å². The normalized spacial score (nSPS) is 10.4. The van der Waals surface area contributed by atoms with Gasteiger partial charge in [-0.1, -0.05) is 6.92 Å². The summed E-state index contributed by atoms with van der Waals surface area (Å²) in [5.41, 5.74) is 0. The second-order valence-electron chi connectivity index (χ2n) is 4.14. The average Bonchev–Trinajstić information content (AvgIpc) is 2.42. The van der Waals surface area contributed by atoms with Gasteiger partial charge in [-0.2, -0.15) is 0 Å². The fourth-order valence-corrected chi connectivity index (χ4v) is 1.64. The van der Waals surface area contributed by atoms with E-state index in [2.05, 4.69) is 27.5 Å². The Morgan fingerprint density at radius 2 is 1.94 bits per heavy atom. The third kappa shape index (κ3) is 5.31. The molecule has 1 rings (SSSR count). The summed E-state index contributed by atoms with van der Waals surface area (Å²) in [7, 11) is 3.61. The molecule has 18 heavy (non-hydrogen) atoms. The Morgan fingerprint density at radius 3 is 2.61 bits per heavy atom. The quantitative estimate of drug-likeness (QED) is 0.660. The Hall–Kier alpha value is -1.36. The van der Waals surface area contributed by atoms with Crippen LogP contribution in [0.1, 0.15) is 32.0 Å². The van der Waals surface area contributed by atoms with Gasteiger partial charge < -0.3 is 15.4 Å². The van der Waals surface area contributed by atoms with Gasteiger partial charge >= 0.3 is 0 Å². The number of nitrogens with zero attached hydrogens (tertiary/aromatic N) is 2. The Kier molecular flexibility index (Phi) is 7.10. The summed E-state index contributed by atoms with van der Waals surface area (Å²) in [6.45, 7) is 3.84. The van der Waals surface area contributed by atoms with Gasteiger partial charge in [-0.15, -0.1) is 0 Å². The van der Waals surface area contributed by atoms with E-state index in [0.717, 1.165) is 49.9 Å². The van der Waals surface area contributed by atoms with E-state index in [9.17, 15) is 0 Å². The lowest BCUT2D eigenvalue weighted by Gasteiger charge is -2.09. The fraction of sp³-hybridized carbons (Fsp3) is 0.692. The minimum absolute atomic E-state index is 0.845. The summed E-state index contributed by atoms with van der Waals surface area (Å²) in [5.74, 6) is 2.63. The zero-order valence-corrected chi connectivity index (χ0v) is 11.6. The molecule has 0 aliphatic heterocycles. The maximum atomic E-state index is 5.02. The lowest BCUT2D eigenvalue weighted by molar-refractivity contribution is 0.192. The van der Waals surface area contributed by atoms with Crippen molar-refractivity contribution in [3.63, 3.8) is 0 Å². The summed E-state index contributed by atoms with van der Waals surface area (Å²) < 4.78 is 5.02. The largest absolute Gasteiger partial charge is 0.385 e. The van der Waals surface area contributed by atoms with Crippen LogP contribution in [0, 0.1) is 0 Å². The molecule has 1 aromatic rings. The van der Waals surface area contributed by atoms with Gasteiger partial charge in [-0.05, 0) is 19.3 Å². The zero-order valence-electron chi connectivity index (χ0n) is 11.6. The Morgan fingerprint density at radius 1 is 1.17 bits per heavy atom. The predicted molar refractivity (Wildman–Crippen MR) is 75.2 cm³/mol. The molecule has 0 bridgehead atoms. The number of aromatic nitrogens is 2. The first-order valence-electron chi connectivity index (χ1n) is 6.58. The van der Waals surface area contributed by atoms with Gasteiger partial charge in [-0.3, -0.25) is 0 Å². The zero-order chi connectivity index (χ0) is 13.2. The molecule has 0 aromatic carbocycles. The standard InChI is InChI=1S/C13H24N4O/c1-4-11-16-12(14-2)10-13(17-11)15-8-6-5-7-9-18-3/h10H,4-9H2,1-3H3,(H2,14,15,16,17). The molecule has 2 N–H and O–H groups in total. The van der Waals surface area contributed by atoms with Gasteiger partial charge in [0.15, 0.2) is 0 Å². The predicted octanol–water partition coefficient (Wildman–Crippen LogP) is 2.31. The van der Waals surface area contributed by atoms with Crippen molar-refractivity contribution in [2.75, 3.05) is 37.9 Å². The molecule has 0 spiro atoms. The Labute approximate surface area is 109 Å². The number of methoxy groups -OCH3 is 1. The summed E-state index contributed by atoms with van der Waals surface area (Å²) in [5, 5.41) is 6.39.